The van der Waals surface area contributed by atoms with E-state index in [-0.39, 0.29) is 5.56 Å². The first kappa shape index (κ1) is 19.1. The number of benzene rings is 2. The van der Waals surface area contributed by atoms with Crippen LogP contribution in [-0.2, 0) is 6.54 Å². The van der Waals surface area contributed by atoms with Crippen molar-refractivity contribution in [1.82, 2.24) is 15.3 Å². The standard InChI is InChI=1S/C23H27F2N3/c1-14-17(6-7-19-22(14)28-13-27-19)18-5-4-15(20(24)21(18)25)12-26-16-8-10-23(2,3)11-9-16/h4-7,13,16,26H,8-12H2,1-3H3,(H,27,28). The third kappa shape index (κ3) is 3.55. The van der Waals surface area contributed by atoms with Crippen LogP contribution in [-0.4, -0.2) is 16.0 Å². The summed E-state index contributed by atoms with van der Waals surface area (Å²) < 4.78 is 29.7. The van der Waals surface area contributed by atoms with Crippen LogP contribution in [0.3, 0.4) is 0 Å². The van der Waals surface area contributed by atoms with Gasteiger partial charge in [-0.25, -0.2) is 13.8 Å². The maximum Gasteiger partial charge on any atom is 0.166 e. The number of rotatable bonds is 4. The molecule has 3 aromatic rings. The SMILES string of the molecule is Cc1c(-c2ccc(CNC3CCC(C)(C)CC3)c(F)c2F)ccc2[nH]cnc12. The van der Waals surface area contributed by atoms with E-state index in [1.807, 2.05) is 19.1 Å². The van der Waals surface area contributed by atoms with Crippen molar-refractivity contribution < 1.29 is 8.78 Å². The van der Waals surface area contributed by atoms with Crippen LogP contribution in [0.15, 0.2) is 30.6 Å². The van der Waals surface area contributed by atoms with Crippen LogP contribution in [0.4, 0.5) is 8.78 Å². The molecule has 28 heavy (non-hydrogen) atoms. The molecule has 1 aromatic heterocycles. The van der Waals surface area contributed by atoms with Crippen LogP contribution in [0, 0.1) is 24.0 Å². The molecule has 0 amide bonds. The lowest BCUT2D eigenvalue weighted by atomic mass is 9.75. The number of imidazole rings is 1. The third-order valence-electron chi connectivity index (χ3n) is 6.22. The monoisotopic (exact) mass is 383 g/mol. The normalized spacial score (nSPS) is 17.3. The molecule has 1 fully saturated rings. The molecule has 4 rings (SSSR count). The first-order valence-corrected chi connectivity index (χ1v) is 9.99. The molecule has 0 atom stereocenters. The van der Waals surface area contributed by atoms with Crippen molar-refractivity contribution in [2.75, 3.05) is 0 Å². The number of nitrogens with one attached hydrogen (secondary N) is 2. The average molecular weight is 383 g/mol. The molecule has 0 bridgehead atoms. The van der Waals surface area contributed by atoms with Crippen molar-refractivity contribution in [1.29, 1.82) is 0 Å². The second-order valence-electron chi connectivity index (χ2n) is 8.76. The maximum atomic E-state index is 14.9. The lowest BCUT2D eigenvalue weighted by Crippen LogP contribution is -2.35. The van der Waals surface area contributed by atoms with Gasteiger partial charge in [0.1, 0.15) is 0 Å². The molecule has 0 saturated heterocycles. The average Bonchev–Trinajstić information content (AvgIpc) is 3.15. The molecular weight excluding hydrogens is 356 g/mol. The maximum absolute atomic E-state index is 14.9. The topological polar surface area (TPSA) is 40.7 Å². The van der Waals surface area contributed by atoms with E-state index in [1.54, 1.807) is 18.5 Å². The smallest absolute Gasteiger partial charge is 0.166 e. The van der Waals surface area contributed by atoms with Crippen molar-refractivity contribution in [2.45, 2.75) is 59.0 Å². The second-order valence-corrected chi connectivity index (χ2v) is 8.76. The van der Waals surface area contributed by atoms with Gasteiger partial charge in [-0.2, -0.15) is 0 Å². The molecule has 1 aliphatic carbocycles. The van der Waals surface area contributed by atoms with Crippen LogP contribution < -0.4 is 5.32 Å². The van der Waals surface area contributed by atoms with E-state index in [2.05, 4.69) is 29.1 Å². The van der Waals surface area contributed by atoms with E-state index in [0.29, 0.717) is 29.1 Å². The Balaban J connectivity index is 1.54. The molecule has 1 saturated carbocycles. The van der Waals surface area contributed by atoms with E-state index in [0.717, 1.165) is 42.3 Å². The highest BCUT2D eigenvalue weighted by molar-refractivity contribution is 5.86. The lowest BCUT2D eigenvalue weighted by molar-refractivity contribution is 0.205. The molecule has 0 spiro atoms. The largest absolute Gasteiger partial charge is 0.345 e. The summed E-state index contributed by atoms with van der Waals surface area (Å²) in [5.74, 6) is -1.55. The highest BCUT2D eigenvalue weighted by atomic mass is 19.2. The molecule has 0 unspecified atom stereocenters. The molecule has 3 nitrogen and oxygen atoms in total. The third-order valence-corrected chi connectivity index (χ3v) is 6.22. The number of fused-ring (bicyclic) bond motifs is 1. The minimum absolute atomic E-state index is 0.281. The van der Waals surface area contributed by atoms with Crippen molar-refractivity contribution in [2.24, 2.45) is 5.41 Å². The molecule has 2 aromatic carbocycles. The Morgan fingerprint density at radius 2 is 1.79 bits per heavy atom. The zero-order valence-corrected chi connectivity index (χ0v) is 16.7. The summed E-state index contributed by atoms with van der Waals surface area (Å²) in [7, 11) is 0. The van der Waals surface area contributed by atoms with Crippen LogP contribution in [0.25, 0.3) is 22.2 Å². The zero-order chi connectivity index (χ0) is 19.9. The van der Waals surface area contributed by atoms with Crippen LogP contribution in [0.5, 0.6) is 0 Å². The summed E-state index contributed by atoms with van der Waals surface area (Å²) in [4.78, 5) is 7.32. The highest BCUT2D eigenvalue weighted by Crippen LogP contribution is 2.35. The van der Waals surface area contributed by atoms with Gasteiger partial charge >= 0.3 is 0 Å². The summed E-state index contributed by atoms with van der Waals surface area (Å²) in [5.41, 5.74) is 4.23. The van der Waals surface area contributed by atoms with Crippen LogP contribution in [0.2, 0.25) is 0 Å². The number of hydrogen-bond donors (Lipinski definition) is 2. The number of aromatic nitrogens is 2. The highest BCUT2D eigenvalue weighted by Gasteiger charge is 2.26. The molecule has 1 heterocycles. The van der Waals surface area contributed by atoms with Gasteiger partial charge in [-0.15, -0.1) is 0 Å². The second kappa shape index (κ2) is 7.28. The molecular formula is C23H27F2N3. The Labute approximate surface area is 164 Å². The Hall–Kier alpha value is -2.27. The molecule has 148 valence electrons. The number of H-pyrrole nitrogens is 1. The van der Waals surface area contributed by atoms with E-state index in [1.165, 1.54) is 0 Å². The van der Waals surface area contributed by atoms with Gasteiger partial charge in [-0.1, -0.05) is 32.0 Å². The number of halogens is 2. The van der Waals surface area contributed by atoms with Crippen molar-refractivity contribution in [3.63, 3.8) is 0 Å². The van der Waals surface area contributed by atoms with Crippen molar-refractivity contribution in [3.05, 3.63) is 53.4 Å². The predicted octanol–water partition coefficient (Wildman–Crippen LogP) is 5.87. The molecule has 1 aliphatic rings. The fraction of sp³-hybridized carbons (Fsp3) is 0.435. The summed E-state index contributed by atoms with van der Waals surface area (Å²) in [6.07, 6.45) is 6.10. The summed E-state index contributed by atoms with van der Waals surface area (Å²) >= 11 is 0. The fourth-order valence-electron chi connectivity index (χ4n) is 4.23. The number of nitrogens with zero attached hydrogens (tertiary/aromatic N) is 1. The van der Waals surface area contributed by atoms with Crippen molar-refractivity contribution in [3.8, 4) is 11.1 Å². The molecule has 0 aliphatic heterocycles. The van der Waals surface area contributed by atoms with Gasteiger partial charge in [0.15, 0.2) is 11.6 Å². The van der Waals surface area contributed by atoms with Crippen LogP contribution in [0.1, 0.15) is 50.7 Å². The summed E-state index contributed by atoms with van der Waals surface area (Å²) in [6, 6.07) is 7.42. The Bertz CT molecular complexity index is 996. The Morgan fingerprint density at radius 1 is 1.07 bits per heavy atom. The number of aryl methyl sites for hydroxylation is 1. The van der Waals surface area contributed by atoms with Gasteiger partial charge in [0.2, 0.25) is 0 Å². The van der Waals surface area contributed by atoms with Crippen LogP contribution >= 0.6 is 0 Å². The number of aromatic amines is 1. The van der Waals surface area contributed by atoms with Gasteiger partial charge in [-0.3, -0.25) is 0 Å². The van der Waals surface area contributed by atoms with E-state index < -0.39 is 11.6 Å². The molecule has 2 N–H and O–H groups in total. The van der Waals surface area contributed by atoms with E-state index in [9.17, 15) is 8.78 Å². The summed E-state index contributed by atoms with van der Waals surface area (Å²) in [5, 5.41) is 3.41. The Kier molecular flexibility index (Phi) is 4.96. The summed E-state index contributed by atoms with van der Waals surface area (Å²) in [6.45, 7) is 6.82. The molecule has 0 radical (unpaired) electrons. The Morgan fingerprint density at radius 3 is 2.54 bits per heavy atom. The number of hydrogen-bond acceptors (Lipinski definition) is 2. The first-order chi connectivity index (χ1) is 13.4. The fourth-order valence-corrected chi connectivity index (χ4v) is 4.23. The minimum atomic E-state index is -0.790. The zero-order valence-electron chi connectivity index (χ0n) is 16.7. The van der Waals surface area contributed by atoms with Gasteiger partial charge in [0.25, 0.3) is 0 Å². The minimum Gasteiger partial charge on any atom is -0.345 e. The quantitative estimate of drug-likeness (QED) is 0.591. The van der Waals surface area contributed by atoms with Gasteiger partial charge in [-0.05, 0) is 55.2 Å². The first-order valence-electron chi connectivity index (χ1n) is 9.99. The van der Waals surface area contributed by atoms with Gasteiger partial charge in [0, 0.05) is 23.7 Å². The van der Waals surface area contributed by atoms with E-state index >= 15 is 0 Å². The molecule has 5 heteroatoms. The predicted molar refractivity (Wildman–Crippen MR) is 109 cm³/mol. The lowest BCUT2D eigenvalue weighted by Gasteiger charge is -2.34. The van der Waals surface area contributed by atoms with Crippen molar-refractivity contribution >= 4 is 11.0 Å². The van der Waals surface area contributed by atoms with Gasteiger partial charge < -0.3 is 10.3 Å². The van der Waals surface area contributed by atoms with Gasteiger partial charge in [0.05, 0.1) is 17.4 Å². The van der Waals surface area contributed by atoms with E-state index in [4.69, 9.17) is 0 Å².